The summed E-state index contributed by atoms with van der Waals surface area (Å²) in [7, 11) is 0. The molecule has 3 rings (SSSR count). The summed E-state index contributed by atoms with van der Waals surface area (Å²) in [6.07, 6.45) is -1.84. The van der Waals surface area contributed by atoms with Crippen LogP contribution in [0.15, 0.2) is 66.7 Å². The Bertz CT molecular complexity index is 1190. The van der Waals surface area contributed by atoms with Crippen molar-refractivity contribution in [2.75, 3.05) is 6.54 Å². The molecule has 5 N–H and O–H groups in total. The summed E-state index contributed by atoms with van der Waals surface area (Å²) in [5.74, 6) is -0.256. The molecule has 0 aliphatic carbocycles. The number of hydrogen-bond donors (Lipinski definition) is 5. The van der Waals surface area contributed by atoms with E-state index in [1.807, 2.05) is 94.4 Å². The minimum Gasteiger partial charge on any atom is -0.464 e. The number of rotatable bonds is 13. The van der Waals surface area contributed by atoms with E-state index in [0.29, 0.717) is 13.0 Å². The number of fused-ring (bicyclic) bond motifs is 1. The minimum absolute atomic E-state index is 0.0164. The zero-order valence-corrected chi connectivity index (χ0v) is 22.5. The number of hydrogen-bond acceptors (Lipinski definition) is 6. The van der Waals surface area contributed by atoms with Gasteiger partial charge >= 0.3 is 6.09 Å². The second-order valence-electron chi connectivity index (χ2n) is 10.1. The summed E-state index contributed by atoms with van der Waals surface area (Å²) in [6, 6.07) is 20.1. The van der Waals surface area contributed by atoms with Gasteiger partial charge in [0.15, 0.2) is 0 Å². The Hall–Kier alpha value is -3.53. The van der Waals surface area contributed by atoms with Crippen LogP contribution in [0.4, 0.5) is 4.79 Å². The molecule has 0 aliphatic rings. The summed E-state index contributed by atoms with van der Waals surface area (Å²) in [5.41, 5.74) is 5.01. The molecule has 2 aromatic carbocycles. The number of carbonyl (C=O) groups is 2. The zero-order valence-electron chi connectivity index (χ0n) is 22.5. The van der Waals surface area contributed by atoms with Crippen molar-refractivity contribution in [1.29, 1.82) is 0 Å². The number of pyridine rings is 1. The molecule has 204 valence electrons. The summed E-state index contributed by atoms with van der Waals surface area (Å²) in [5, 5.41) is 29.2. The average Bonchev–Trinajstić information content (AvgIpc) is 2.88. The fourth-order valence-corrected chi connectivity index (χ4v) is 4.31. The van der Waals surface area contributed by atoms with E-state index in [9.17, 15) is 19.8 Å². The van der Waals surface area contributed by atoms with E-state index in [1.165, 1.54) is 5.01 Å². The highest BCUT2D eigenvalue weighted by Gasteiger charge is 2.29. The van der Waals surface area contributed by atoms with Crippen molar-refractivity contribution in [2.24, 2.45) is 5.92 Å². The smallest absolute Gasteiger partial charge is 0.419 e. The number of carbonyl (C=O) groups excluding carboxylic acids is 1. The average molecular weight is 522 g/mol. The molecular formula is C29H39N5O4. The molecule has 0 bridgehead atoms. The monoisotopic (exact) mass is 521 g/mol. The lowest BCUT2D eigenvalue weighted by Gasteiger charge is -2.33. The maximum Gasteiger partial charge on any atom is 0.419 e. The molecule has 2 amide bonds. The van der Waals surface area contributed by atoms with E-state index in [2.05, 4.69) is 21.0 Å². The number of carboxylic acid groups (broad SMARTS) is 1. The number of benzene rings is 2. The summed E-state index contributed by atoms with van der Waals surface area (Å²) < 4.78 is 0. The van der Waals surface area contributed by atoms with Crippen LogP contribution in [0.1, 0.15) is 39.0 Å². The fraction of sp³-hybridized carbons (Fsp3) is 0.414. The predicted octanol–water partition coefficient (Wildman–Crippen LogP) is 3.33. The number of hydrazine groups is 1. The van der Waals surface area contributed by atoms with Gasteiger partial charge in [0.2, 0.25) is 5.91 Å². The number of aromatic nitrogens is 1. The maximum absolute atomic E-state index is 13.5. The van der Waals surface area contributed by atoms with Crippen LogP contribution in [-0.2, 0) is 17.8 Å². The van der Waals surface area contributed by atoms with E-state index < -0.39 is 24.3 Å². The first-order chi connectivity index (χ1) is 18.1. The number of nitrogens with zero attached hydrogens (tertiary/aromatic N) is 2. The lowest BCUT2D eigenvalue weighted by Crippen LogP contribution is -2.57. The van der Waals surface area contributed by atoms with E-state index in [-0.39, 0.29) is 24.4 Å². The van der Waals surface area contributed by atoms with Crippen molar-refractivity contribution >= 4 is 22.9 Å². The Labute approximate surface area is 224 Å². The first kappa shape index (κ1) is 29.0. The molecule has 9 heteroatoms. The fourth-order valence-electron chi connectivity index (χ4n) is 4.31. The Morgan fingerprint density at radius 3 is 2.29 bits per heavy atom. The van der Waals surface area contributed by atoms with Crippen molar-refractivity contribution in [3.05, 3.63) is 78.0 Å². The molecule has 0 saturated carbocycles. The van der Waals surface area contributed by atoms with Crippen LogP contribution >= 0.6 is 0 Å². The standard InChI is InChI=1S/C29H39N5O4/c1-19(2)27(30-17-23-15-14-22-12-8-9-13-24(22)31-23)28(36)32-25(16-21-10-6-5-7-11-21)26(35)18-34(20(3)4)33-29(37)38/h5-15,19-20,25-27,30,33,35H,16-18H2,1-4H3,(H,32,36)(H,37,38)/t25-,26+,27-/m0/s1. The van der Waals surface area contributed by atoms with E-state index in [0.717, 1.165) is 22.2 Å². The molecule has 0 saturated heterocycles. The van der Waals surface area contributed by atoms with E-state index in [1.54, 1.807) is 0 Å². The van der Waals surface area contributed by atoms with Gasteiger partial charge < -0.3 is 15.5 Å². The topological polar surface area (TPSA) is 127 Å². The highest BCUT2D eigenvalue weighted by Crippen LogP contribution is 2.14. The molecule has 3 atom stereocenters. The van der Waals surface area contributed by atoms with E-state index >= 15 is 0 Å². The van der Waals surface area contributed by atoms with Crippen molar-refractivity contribution in [3.8, 4) is 0 Å². The molecule has 0 radical (unpaired) electrons. The van der Waals surface area contributed by atoms with E-state index in [4.69, 9.17) is 0 Å². The first-order valence-electron chi connectivity index (χ1n) is 13.0. The number of aliphatic hydroxyl groups is 1. The van der Waals surface area contributed by atoms with Crippen molar-refractivity contribution in [1.82, 2.24) is 26.1 Å². The van der Waals surface area contributed by atoms with Crippen LogP contribution in [-0.4, -0.2) is 63.0 Å². The Kier molecular flexibility index (Phi) is 10.6. The summed E-state index contributed by atoms with van der Waals surface area (Å²) in [4.78, 5) is 29.4. The van der Waals surface area contributed by atoms with Gasteiger partial charge in [-0.2, -0.15) is 0 Å². The molecule has 0 aliphatic heterocycles. The Morgan fingerprint density at radius 1 is 0.947 bits per heavy atom. The molecule has 0 unspecified atom stereocenters. The van der Waals surface area contributed by atoms with Gasteiger partial charge in [-0.1, -0.05) is 68.4 Å². The second kappa shape index (κ2) is 13.9. The van der Waals surface area contributed by atoms with Gasteiger partial charge in [0, 0.05) is 24.5 Å². The molecule has 38 heavy (non-hydrogen) atoms. The normalized spacial score (nSPS) is 14.0. The van der Waals surface area contributed by atoms with Gasteiger partial charge in [-0.3, -0.25) is 20.5 Å². The van der Waals surface area contributed by atoms with Crippen LogP contribution in [0.2, 0.25) is 0 Å². The van der Waals surface area contributed by atoms with Gasteiger partial charge in [-0.15, -0.1) is 0 Å². The Morgan fingerprint density at radius 2 is 1.63 bits per heavy atom. The lowest BCUT2D eigenvalue weighted by atomic mass is 9.98. The lowest BCUT2D eigenvalue weighted by molar-refractivity contribution is -0.126. The quantitative estimate of drug-likeness (QED) is 0.218. The summed E-state index contributed by atoms with van der Waals surface area (Å²) in [6.45, 7) is 8.01. The number of aliphatic hydroxyl groups excluding tert-OH is 1. The second-order valence-corrected chi connectivity index (χ2v) is 10.1. The first-order valence-corrected chi connectivity index (χ1v) is 13.0. The SMILES string of the molecule is CC(C)[C@H](NCc1ccc2ccccc2n1)C(=O)N[C@@H](Cc1ccccc1)[C@H](O)CN(NC(=O)O)C(C)C. The van der Waals surface area contributed by atoms with Crippen LogP contribution in [0, 0.1) is 5.92 Å². The third-order valence-electron chi connectivity index (χ3n) is 6.45. The van der Waals surface area contributed by atoms with Crippen molar-refractivity contribution in [3.63, 3.8) is 0 Å². The summed E-state index contributed by atoms with van der Waals surface area (Å²) >= 11 is 0. The molecule has 9 nitrogen and oxygen atoms in total. The third kappa shape index (κ3) is 8.51. The van der Waals surface area contributed by atoms with Crippen LogP contribution in [0.5, 0.6) is 0 Å². The Balaban J connectivity index is 1.74. The molecule has 1 aromatic heterocycles. The highest BCUT2D eigenvalue weighted by molar-refractivity contribution is 5.82. The molecular weight excluding hydrogens is 482 g/mol. The van der Waals surface area contributed by atoms with Gasteiger partial charge in [0.05, 0.1) is 29.4 Å². The predicted molar refractivity (Wildman–Crippen MR) is 148 cm³/mol. The minimum atomic E-state index is -1.21. The van der Waals surface area contributed by atoms with Crippen molar-refractivity contribution < 1.29 is 19.8 Å². The van der Waals surface area contributed by atoms with Crippen LogP contribution in [0.25, 0.3) is 10.9 Å². The van der Waals surface area contributed by atoms with Gasteiger partial charge in [0.25, 0.3) is 0 Å². The number of amides is 2. The molecule has 0 fully saturated rings. The highest BCUT2D eigenvalue weighted by atomic mass is 16.4. The molecule has 0 spiro atoms. The zero-order chi connectivity index (χ0) is 27.7. The molecule has 3 aromatic rings. The van der Waals surface area contributed by atoms with Gasteiger partial charge in [-0.25, -0.2) is 9.80 Å². The third-order valence-corrected chi connectivity index (χ3v) is 6.45. The molecule has 1 heterocycles. The number of nitrogens with one attached hydrogen (secondary N) is 3. The number of para-hydroxylation sites is 1. The largest absolute Gasteiger partial charge is 0.464 e. The van der Waals surface area contributed by atoms with Gasteiger partial charge in [-0.05, 0) is 43.9 Å². The maximum atomic E-state index is 13.5. The van der Waals surface area contributed by atoms with Crippen LogP contribution in [0.3, 0.4) is 0 Å². The van der Waals surface area contributed by atoms with Crippen molar-refractivity contribution in [2.45, 2.75) is 64.9 Å². The van der Waals surface area contributed by atoms with Crippen LogP contribution < -0.4 is 16.1 Å². The van der Waals surface area contributed by atoms with Gasteiger partial charge in [0.1, 0.15) is 0 Å².